The average Bonchev–Trinajstić information content (AvgIpc) is 2.13. The van der Waals surface area contributed by atoms with Crippen LogP contribution in [-0.4, -0.2) is 0 Å². The van der Waals surface area contributed by atoms with Crippen LogP contribution < -0.4 is 0 Å². The molecule has 0 N–H and O–H groups in total. The van der Waals surface area contributed by atoms with Crippen molar-refractivity contribution in [2.75, 3.05) is 0 Å². The molecule has 0 unspecified atom stereocenters. The molecule has 9 heavy (non-hydrogen) atoms. The van der Waals surface area contributed by atoms with Gasteiger partial charge >= 0.3 is 0 Å². The summed E-state index contributed by atoms with van der Waals surface area (Å²) >= 11 is 0. The minimum atomic E-state index is 0.565. The van der Waals surface area contributed by atoms with E-state index in [1.165, 1.54) is 12.8 Å². The summed E-state index contributed by atoms with van der Waals surface area (Å²) in [4.78, 5) is 0. The standard InChI is InChI=1S/C9H18/c1-7-5-8(7)6-9(2,3)4/h7-8H,5-6H2,1-4H3/t7-,8+/m0/s1. The highest BCUT2D eigenvalue weighted by Gasteiger charge is 2.35. The van der Waals surface area contributed by atoms with Crippen LogP contribution in [-0.2, 0) is 0 Å². The smallest absolute Gasteiger partial charge is 0.0380 e. The van der Waals surface area contributed by atoms with Crippen LogP contribution in [0.2, 0.25) is 0 Å². The van der Waals surface area contributed by atoms with E-state index >= 15 is 0 Å². The van der Waals surface area contributed by atoms with Crippen molar-refractivity contribution in [3.63, 3.8) is 0 Å². The quantitative estimate of drug-likeness (QED) is 0.506. The number of hydrogen-bond donors (Lipinski definition) is 0. The maximum atomic E-state index is 2.36. The molecule has 1 fully saturated rings. The topological polar surface area (TPSA) is 0 Å². The van der Waals surface area contributed by atoms with Crippen LogP contribution in [0.25, 0.3) is 0 Å². The van der Waals surface area contributed by atoms with Crippen LogP contribution in [0.15, 0.2) is 0 Å². The first-order valence-corrected chi connectivity index (χ1v) is 3.99. The normalized spacial score (nSPS) is 34.7. The van der Waals surface area contributed by atoms with Gasteiger partial charge in [-0.25, -0.2) is 0 Å². The van der Waals surface area contributed by atoms with Gasteiger partial charge in [0.15, 0.2) is 0 Å². The Bertz CT molecular complexity index is 97.1. The zero-order valence-corrected chi connectivity index (χ0v) is 7.07. The molecule has 0 spiro atoms. The third-order valence-electron chi connectivity index (χ3n) is 2.15. The van der Waals surface area contributed by atoms with Crippen molar-refractivity contribution in [3.05, 3.63) is 0 Å². The Morgan fingerprint density at radius 1 is 1.33 bits per heavy atom. The predicted octanol–water partition coefficient (Wildman–Crippen LogP) is 3.08. The second-order valence-corrected chi connectivity index (χ2v) is 4.74. The molecule has 0 aliphatic heterocycles. The van der Waals surface area contributed by atoms with Crippen molar-refractivity contribution in [2.24, 2.45) is 17.3 Å². The van der Waals surface area contributed by atoms with Crippen molar-refractivity contribution in [1.29, 1.82) is 0 Å². The molecule has 0 aromatic rings. The third kappa shape index (κ3) is 2.38. The summed E-state index contributed by atoms with van der Waals surface area (Å²) < 4.78 is 0. The third-order valence-corrected chi connectivity index (χ3v) is 2.15. The van der Waals surface area contributed by atoms with Crippen molar-refractivity contribution < 1.29 is 0 Å². The van der Waals surface area contributed by atoms with E-state index in [1.807, 2.05) is 0 Å². The Kier molecular flexibility index (Phi) is 1.58. The molecule has 0 aromatic heterocycles. The highest BCUT2D eigenvalue weighted by molar-refractivity contribution is 4.85. The maximum Gasteiger partial charge on any atom is -0.0380 e. The molecule has 0 amide bonds. The molecule has 0 bridgehead atoms. The lowest BCUT2D eigenvalue weighted by Gasteiger charge is -2.17. The molecule has 1 aliphatic carbocycles. The van der Waals surface area contributed by atoms with Gasteiger partial charge in [-0.2, -0.15) is 0 Å². The molecule has 54 valence electrons. The molecule has 0 heterocycles. The average molecular weight is 126 g/mol. The van der Waals surface area contributed by atoms with Crippen molar-refractivity contribution in [2.45, 2.75) is 40.5 Å². The van der Waals surface area contributed by atoms with Crippen molar-refractivity contribution in [3.8, 4) is 0 Å². The van der Waals surface area contributed by atoms with Gasteiger partial charge in [0.1, 0.15) is 0 Å². The summed E-state index contributed by atoms with van der Waals surface area (Å²) in [7, 11) is 0. The fourth-order valence-corrected chi connectivity index (χ4v) is 1.47. The predicted molar refractivity (Wildman–Crippen MR) is 41.3 cm³/mol. The zero-order valence-electron chi connectivity index (χ0n) is 7.07. The van der Waals surface area contributed by atoms with Gasteiger partial charge in [0.25, 0.3) is 0 Å². The minimum absolute atomic E-state index is 0.565. The first-order chi connectivity index (χ1) is 3.99. The molecule has 0 saturated heterocycles. The fourth-order valence-electron chi connectivity index (χ4n) is 1.47. The Morgan fingerprint density at radius 3 is 1.89 bits per heavy atom. The van der Waals surface area contributed by atoms with Crippen LogP contribution in [0.1, 0.15) is 40.5 Å². The fraction of sp³-hybridized carbons (Fsp3) is 1.00. The molecule has 1 rings (SSSR count). The van der Waals surface area contributed by atoms with Gasteiger partial charge in [0.05, 0.1) is 0 Å². The SMILES string of the molecule is C[C@H]1C[C@@H]1CC(C)(C)C. The minimum Gasteiger partial charge on any atom is -0.0622 e. The second-order valence-electron chi connectivity index (χ2n) is 4.74. The zero-order chi connectivity index (χ0) is 7.07. The number of rotatable bonds is 1. The summed E-state index contributed by atoms with van der Waals surface area (Å²) in [5.74, 6) is 2.09. The molecule has 0 heteroatoms. The monoisotopic (exact) mass is 126 g/mol. The summed E-state index contributed by atoms with van der Waals surface area (Å²) in [5.41, 5.74) is 0.565. The molecular formula is C9H18. The molecular weight excluding hydrogens is 108 g/mol. The lowest BCUT2D eigenvalue weighted by molar-refractivity contribution is 0.346. The van der Waals surface area contributed by atoms with E-state index in [9.17, 15) is 0 Å². The van der Waals surface area contributed by atoms with Crippen molar-refractivity contribution in [1.82, 2.24) is 0 Å². The Balaban J connectivity index is 2.19. The molecule has 0 radical (unpaired) electrons. The first kappa shape index (κ1) is 7.11. The maximum absolute atomic E-state index is 2.36. The lowest BCUT2D eigenvalue weighted by atomic mass is 9.89. The van der Waals surface area contributed by atoms with E-state index in [2.05, 4.69) is 27.7 Å². The summed E-state index contributed by atoms with van der Waals surface area (Å²) in [6.07, 6.45) is 2.91. The lowest BCUT2D eigenvalue weighted by Crippen LogP contribution is -2.05. The Labute approximate surface area is 58.7 Å². The second kappa shape index (κ2) is 2.00. The van der Waals surface area contributed by atoms with Gasteiger partial charge in [0.2, 0.25) is 0 Å². The summed E-state index contributed by atoms with van der Waals surface area (Å²) in [6.45, 7) is 9.35. The van der Waals surface area contributed by atoms with Crippen LogP contribution in [0, 0.1) is 17.3 Å². The Hall–Kier alpha value is 0. The summed E-state index contributed by atoms with van der Waals surface area (Å²) in [5, 5.41) is 0. The van der Waals surface area contributed by atoms with E-state index in [0.717, 1.165) is 11.8 Å². The molecule has 0 nitrogen and oxygen atoms in total. The van der Waals surface area contributed by atoms with E-state index in [-0.39, 0.29) is 0 Å². The van der Waals surface area contributed by atoms with Gasteiger partial charge in [-0.15, -0.1) is 0 Å². The summed E-state index contributed by atoms with van der Waals surface area (Å²) in [6, 6.07) is 0. The van der Waals surface area contributed by atoms with E-state index < -0.39 is 0 Å². The van der Waals surface area contributed by atoms with Crippen LogP contribution in [0.3, 0.4) is 0 Å². The largest absolute Gasteiger partial charge is 0.0622 e. The van der Waals surface area contributed by atoms with Crippen molar-refractivity contribution >= 4 is 0 Å². The molecule has 2 atom stereocenters. The Morgan fingerprint density at radius 2 is 1.78 bits per heavy atom. The highest BCUT2D eigenvalue weighted by atomic mass is 14.4. The van der Waals surface area contributed by atoms with Gasteiger partial charge in [-0.1, -0.05) is 27.7 Å². The van der Waals surface area contributed by atoms with Gasteiger partial charge in [-0.3, -0.25) is 0 Å². The van der Waals surface area contributed by atoms with E-state index in [4.69, 9.17) is 0 Å². The van der Waals surface area contributed by atoms with Crippen LogP contribution >= 0.6 is 0 Å². The molecule has 1 saturated carbocycles. The van der Waals surface area contributed by atoms with Gasteiger partial charge in [-0.05, 0) is 30.1 Å². The van der Waals surface area contributed by atoms with E-state index in [1.54, 1.807) is 0 Å². The molecule has 0 aromatic carbocycles. The van der Waals surface area contributed by atoms with Gasteiger partial charge in [0, 0.05) is 0 Å². The van der Waals surface area contributed by atoms with Gasteiger partial charge < -0.3 is 0 Å². The highest BCUT2D eigenvalue weighted by Crippen LogP contribution is 2.45. The van der Waals surface area contributed by atoms with E-state index in [0.29, 0.717) is 5.41 Å². The molecule has 1 aliphatic rings. The van der Waals surface area contributed by atoms with Crippen LogP contribution in [0.5, 0.6) is 0 Å². The first-order valence-electron chi connectivity index (χ1n) is 3.99. The number of hydrogen-bond acceptors (Lipinski definition) is 0. The van der Waals surface area contributed by atoms with Crippen LogP contribution in [0.4, 0.5) is 0 Å².